The number of nitrogens with zero attached hydrogens (tertiary/aromatic N) is 4. The molecule has 3 heterocycles. The molecule has 1 atom stereocenters. The number of hydrogen-bond acceptors (Lipinski definition) is 5. The summed E-state index contributed by atoms with van der Waals surface area (Å²) in [4.78, 5) is 4.77. The molecular weight excluding hydrogens is 519 g/mol. The molecule has 1 unspecified atom stereocenters. The predicted molar refractivity (Wildman–Crippen MR) is 136 cm³/mol. The summed E-state index contributed by atoms with van der Waals surface area (Å²) in [7, 11) is 0. The third kappa shape index (κ3) is 6.32. The van der Waals surface area contributed by atoms with Gasteiger partial charge in [-0.2, -0.15) is 0 Å². The maximum atomic E-state index is 6.20. The molecule has 4 rings (SSSR count). The van der Waals surface area contributed by atoms with E-state index in [1.165, 1.54) is 5.56 Å². The van der Waals surface area contributed by atoms with Gasteiger partial charge in [0.05, 0.1) is 19.8 Å². The number of benzene rings is 1. The van der Waals surface area contributed by atoms with Crippen molar-refractivity contribution in [2.45, 2.75) is 39.3 Å². The lowest BCUT2D eigenvalue weighted by Crippen LogP contribution is -2.38. The van der Waals surface area contributed by atoms with E-state index >= 15 is 0 Å². The monoisotopic (exact) mass is 550 g/mol. The van der Waals surface area contributed by atoms with Crippen LogP contribution >= 0.6 is 24.0 Å². The van der Waals surface area contributed by atoms with E-state index < -0.39 is 0 Å². The van der Waals surface area contributed by atoms with Gasteiger partial charge in [-0.25, -0.2) is 4.99 Å². The molecule has 0 amide bonds. The number of halogens is 1. The quantitative estimate of drug-likeness (QED) is 0.255. The summed E-state index contributed by atoms with van der Waals surface area (Å²) >= 11 is 0. The van der Waals surface area contributed by atoms with Crippen LogP contribution in [0, 0.1) is 6.92 Å². The Hall–Kier alpha value is -2.40. The summed E-state index contributed by atoms with van der Waals surface area (Å²) in [5, 5.41) is 15.2. The van der Waals surface area contributed by atoms with Gasteiger partial charge in [-0.05, 0) is 37.6 Å². The van der Waals surface area contributed by atoms with Crippen LogP contribution in [0.25, 0.3) is 5.65 Å². The predicted octanol–water partition coefficient (Wildman–Crippen LogP) is 3.12. The number of pyridine rings is 1. The van der Waals surface area contributed by atoms with Gasteiger partial charge >= 0.3 is 0 Å². The third-order valence-electron chi connectivity index (χ3n) is 5.18. The number of fused-ring (bicyclic) bond motifs is 1. The fraction of sp³-hybridized carbons (Fsp3) is 0.435. The molecule has 0 saturated carbocycles. The molecule has 2 N–H and O–H groups in total. The second-order valence-corrected chi connectivity index (χ2v) is 7.63. The Labute approximate surface area is 205 Å². The molecule has 0 bridgehead atoms. The van der Waals surface area contributed by atoms with Gasteiger partial charge in [0.1, 0.15) is 17.7 Å². The number of ether oxygens (including phenoxy) is 2. The summed E-state index contributed by atoms with van der Waals surface area (Å²) in [5.41, 5.74) is 3.10. The highest BCUT2D eigenvalue weighted by Gasteiger charge is 2.18. The van der Waals surface area contributed by atoms with Crippen LogP contribution in [0.1, 0.15) is 30.3 Å². The Morgan fingerprint density at radius 3 is 2.97 bits per heavy atom. The van der Waals surface area contributed by atoms with Crippen molar-refractivity contribution < 1.29 is 9.47 Å². The molecule has 172 valence electrons. The molecule has 9 heteroatoms. The fourth-order valence-corrected chi connectivity index (χ4v) is 3.55. The molecule has 1 aliphatic heterocycles. The van der Waals surface area contributed by atoms with Gasteiger partial charge in [-0.15, -0.1) is 34.2 Å². The minimum Gasteiger partial charge on any atom is -0.488 e. The second kappa shape index (κ2) is 12.0. The van der Waals surface area contributed by atoms with E-state index in [1.54, 1.807) is 0 Å². The largest absolute Gasteiger partial charge is 0.488 e. The summed E-state index contributed by atoms with van der Waals surface area (Å²) in [5.74, 6) is 2.59. The Balaban J connectivity index is 0.00000289. The maximum absolute atomic E-state index is 6.20. The number of aliphatic imine (C=N–C) groups is 1. The van der Waals surface area contributed by atoms with Crippen molar-refractivity contribution in [2.24, 2.45) is 4.99 Å². The Kier molecular flexibility index (Phi) is 9.10. The number of aromatic nitrogens is 3. The molecule has 3 aromatic rings. The summed E-state index contributed by atoms with van der Waals surface area (Å²) in [6.07, 6.45) is 3.78. The molecule has 0 spiro atoms. The first-order valence-corrected chi connectivity index (χ1v) is 10.9. The lowest BCUT2D eigenvalue weighted by Gasteiger charge is -2.16. The molecule has 8 nitrogen and oxygen atoms in total. The number of nitrogens with one attached hydrogen (secondary N) is 2. The number of rotatable bonds is 8. The molecule has 1 saturated heterocycles. The van der Waals surface area contributed by atoms with Crippen molar-refractivity contribution in [1.82, 2.24) is 25.2 Å². The zero-order valence-electron chi connectivity index (χ0n) is 18.6. The normalized spacial score (nSPS) is 16.1. The zero-order valence-corrected chi connectivity index (χ0v) is 20.9. The number of aryl methyl sites for hydroxylation is 1. The molecule has 0 aliphatic carbocycles. The highest BCUT2D eigenvalue weighted by Crippen LogP contribution is 2.24. The Morgan fingerprint density at radius 2 is 2.16 bits per heavy atom. The topological polar surface area (TPSA) is 85.1 Å². The van der Waals surface area contributed by atoms with Crippen molar-refractivity contribution in [1.29, 1.82) is 0 Å². The molecule has 1 aliphatic rings. The van der Waals surface area contributed by atoms with E-state index in [0.29, 0.717) is 19.7 Å². The zero-order chi connectivity index (χ0) is 21.5. The highest BCUT2D eigenvalue weighted by atomic mass is 127. The van der Waals surface area contributed by atoms with Crippen LogP contribution in [0.5, 0.6) is 5.75 Å². The first kappa shape index (κ1) is 24.2. The number of guanidine groups is 1. The molecule has 0 radical (unpaired) electrons. The van der Waals surface area contributed by atoms with Crippen LogP contribution < -0.4 is 15.4 Å². The van der Waals surface area contributed by atoms with Crippen LogP contribution in [0.3, 0.4) is 0 Å². The van der Waals surface area contributed by atoms with Gasteiger partial charge in [0.25, 0.3) is 0 Å². The average molecular weight is 550 g/mol. The molecule has 1 fully saturated rings. The minimum atomic E-state index is 0. The standard InChI is InChI=1S/C23H30N6O2.HI/c1-3-24-23(25-11-9-22-28-27-21-6-4-5-12-29(21)22)26-15-18-8-7-17(2)14-20(18)31-19-10-13-30-16-19;/h4-8,12,14,19H,3,9-11,13,15-16H2,1-2H3,(H2,24,25,26);1H. The van der Waals surface area contributed by atoms with E-state index in [4.69, 9.17) is 14.5 Å². The van der Waals surface area contributed by atoms with Crippen molar-refractivity contribution >= 4 is 35.6 Å². The maximum Gasteiger partial charge on any atom is 0.191 e. The van der Waals surface area contributed by atoms with Crippen LogP contribution in [0.4, 0.5) is 0 Å². The van der Waals surface area contributed by atoms with Gasteiger partial charge in [0.15, 0.2) is 11.6 Å². The molecule has 2 aromatic heterocycles. The Bertz CT molecular complexity index is 1030. The van der Waals surface area contributed by atoms with E-state index in [1.807, 2.05) is 28.8 Å². The van der Waals surface area contributed by atoms with Crippen molar-refractivity contribution in [3.63, 3.8) is 0 Å². The minimum absolute atomic E-state index is 0. The first-order chi connectivity index (χ1) is 15.2. The summed E-state index contributed by atoms with van der Waals surface area (Å²) in [6, 6.07) is 12.2. The summed E-state index contributed by atoms with van der Waals surface area (Å²) in [6.45, 7) is 7.58. The van der Waals surface area contributed by atoms with E-state index in [0.717, 1.165) is 54.7 Å². The Morgan fingerprint density at radius 1 is 1.25 bits per heavy atom. The smallest absolute Gasteiger partial charge is 0.191 e. The first-order valence-electron chi connectivity index (χ1n) is 10.9. The second-order valence-electron chi connectivity index (χ2n) is 7.63. The lowest BCUT2D eigenvalue weighted by molar-refractivity contribution is 0.140. The van der Waals surface area contributed by atoms with Gasteiger partial charge in [-0.3, -0.25) is 4.40 Å². The van der Waals surface area contributed by atoms with Crippen LogP contribution in [-0.4, -0.2) is 53.0 Å². The third-order valence-corrected chi connectivity index (χ3v) is 5.18. The van der Waals surface area contributed by atoms with Gasteiger partial charge in [0.2, 0.25) is 0 Å². The average Bonchev–Trinajstić information content (AvgIpc) is 3.43. The fourth-order valence-electron chi connectivity index (χ4n) is 3.55. The van der Waals surface area contributed by atoms with Gasteiger partial charge in [-0.1, -0.05) is 18.2 Å². The lowest BCUT2D eigenvalue weighted by atomic mass is 10.1. The molecule has 1 aromatic carbocycles. The van der Waals surface area contributed by atoms with Crippen molar-refractivity contribution in [2.75, 3.05) is 26.3 Å². The van der Waals surface area contributed by atoms with Gasteiger partial charge < -0.3 is 20.1 Å². The molecular formula is C23H31IN6O2. The number of hydrogen-bond donors (Lipinski definition) is 2. The van der Waals surface area contributed by atoms with Crippen LogP contribution in [0.15, 0.2) is 47.6 Å². The van der Waals surface area contributed by atoms with E-state index in [9.17, 15) is 0 Å². The van der Waals surface area contributed by atoms with E-state index in [2.05, 4.69) is 52.9 Å². The highest BCUT2D eigenvalue weighted by molar-refractivity contribution is 14.0. The summed E-state index contributed by atoms with van der Waals surface area (Å²) < 4.78 is 13.7. The van der Waals surface area contributed by atoms with Crippen molar-refractivity contribution in [3.8, 4) is 5.75 Å². The van der Waals surface area contributed by atoms with Gasteiger partial charge in [0, 0.05) is 37.7 Å². The molecule has 32 heavy (non-hydrogen) atoms. The van der Waals surface area contributed by atoms with Crippen LogP contribution in [0.2, 0.25) is 0 Å². The SMILES string of the molecule is CCNC(=NCc1ccc(C)cc1OC1CCOC1)NCCc1nnc2ccccn12.I. The van der Waals surface area contributed by atoms with Crippen LogP contribution in [-0.2, 0) is 17.7 Å². The van der Waals surface area contributed by atoms with Crippen molar-refractivity contribution in [3.05, 3.63) is 59.5 Å². The van der Waals surface area contributed by atoms with E-state index in [-0.39, 0.29) is 30.1 Å².